The Hall–Kier alpha value is -1.96. The van der Waals surface area contributed by atoms with Gasteiger partial charge in [-0.05, 0) is 37.6 Å². The Balaban J connectivity index is 2.62. The van der Waals surface area contributed by atoms with Crippen LogP contribution in [0.1, 0.15) is 20.3 Å². The van der Waals surface area contributed by atoms with Crippen molar-refractivity contribution in [3.63, 3.8) is 0 Å². The SMILES string of the molecule is C/C=C(/CC)CN(S(=O)(=O)c1ccccc1)S(=O)(=O)c1ccccc1. The molecular weight excluding hydrogens is 358 g/mol. The number of benzene rings is 2. The molecule has 7 heteroatoms. The lowest BCUT2D eigenvalue weighted by Crippen LogP contribution is -2.38. The lowest BCUT2D eigenvalue weighted by Gasteiger charge is -2.23. The Kier molecular flexibility index (Phi) is 6.16. The molecule has 0 fully saturated rings. The van der Waals surface area contributed by atoms with Crippen LogP contribution in [0.15, 0.2) is 82.1 Å². The monoisotopic (exact) mass is 379 g/mol. The summed E-state index contributed by atoms with van der Waals surface area (Å²) in [7, 11) is -8.44. The number of rotatable bonds is 7. The van der Waals surface area contributed by atoms with E-state index in [4.69, 9.17) is 0 Å². The van der Waals surface area contributed by atoms with Crippen LogP contribution < -0.4 is 0 Å². The normalized spacial score (nSPS) is 13.2. The highest BCUT2D eigenvalue weighted by atomic mass is 32.3. The molecule has 2 aromatic carbocycles. The van der Waals surface area contributed by atoms with Gasteiger partial charge in [-0.25, -0.2) is 16.8 Å². The van der Waals surface area contributed by atoms with Crippen molar-refractivity contribution >= 4 is 20.0 Å². The summed E-state index contributed by atoms with van der Waals surface area (Å²) in [4.78, 5) is -0.109. The van der Waals surface area contributed by atoms with Crippen LogP contribution in [0.5, 0.6) is 0 Å². The molecule has 0 saturated heterocycles. The lowest BCUT2D eigenvalue weighted by molar-refractivity contribution is 0.508. The molecule has 0 unspecified atom stereocenters. The minimum atomic E-state index is -4.22. The van der Waals surface area contributed by atoms with Gasteiger partial charge >= 0.3 is 0 Å². The molecule has 5 nitrogen and oxygen atoms in total. The molecule has 0 aliphatic heterocycles. The van der Waals surface area contributed by atoms with Crippen molar-refractivity contribution in [1.82, 2.24) is 3.71 Å². The number of allylic oxidation sites excluding steroid dienone is 1. The van der Waals surface area contributed by atoms with E-state index in [0.717, 1.165) is 5.57 Å². The van der Waals surface area contributed by atoms with Crippen molar-refractivity contribution in [2.75, 3.05) is 6.54 Å². The summed E-state index contributed by atoms with van der Waals surface area (Å²) in [5.74, 6) is 0. The van der Waals surface area contributed by atoms with Gasteiger partial charge in [0.25, 0.3) is 20.0 Å². The second kappa shape index (κ2) is 7.95. The molecule has 25 heavy (non-hydrogen) atoms. The summed E-state index contributed by atoms with van der Waals surface area (Å²) in [6.45, 7) is 3.42. The van der Waals surface area contributed by atoms with Crippen molar-refractivity contribution in [1.29, 1.82) is 0 Å². The topological polar surface area (TPSA) is 71.5 Å². The largest absolute Gasteiger partial charge is 0.256 e. The maximum atomic E-state index is 13.0. The first kappa shape index (κ1) is 19.4. The average molecular weight is 380 g/mol. The molecule has 0 bridgehead atoms. The molecule has 0 saturated carbocycles. The van der Waals surface area contributed by atoms with E-state index < -0.39 is 20.0 Å². The van der Waals surface area contributed by atoms with Gasteiger partial charge in [-0.15, -0.1) is 0 Å². The minimum Gasteiger partial charge on any atom is -0.206 e. The molecule has 0 radical (unpaired) electrons. The summed E-state index contributed by atoms with van der Waals surface area (Å²) in [6, 6.07) is 15.2. The van der Waals surface area contributed by atoms with Crippen LogP contribution in [0.3, 0.4) is 0 Å². The summed E-state index contributed by atoms with van der Waals surface area (Å²) in [6.07, 6.45) is 2.30. The standard InChI is InChI=1S/C18H21NO4S2/c1-3-16(4-2)15-19(24(20,21)17-11-7-5-8-12-17)25(22,23)18-13-9-6-10-14-18/h3,5-14H,4,15H2,1-2H3/b16-3-. The Morgan fingerprint density at radius 2 is 1.24 bits per heavy atom. The first-order chi connectivity index (χ1) is 11.8. The Labute approximate surface area is 149 Å². The Morgan fingerprint density at radius 3 is 1.56 bits per heavy atom. The molecule has 0 N–H and O–H groups in total. The summed E-state index contributed by atoms with van der Waals surface area (Å²) in [5.41, 5.74) is 0.721. The average Bonchev–Trinajstić information content (AvgIpc) is 2.63. The first-order valence-corrected chi connectivity index (χ1v) is 10.7. The van der Waals surface area contributed by atoms with E-state index in [2.05, 4.69) is 0 Å². The van der Waals surface area contributed by atoms with Gasteiger partial charge in [-0.1, -0.05) is 58.7 Å². The minimum absolute atomic E-state index is 0.0546. The van der Waals surface area contributed by atoms with Crippen LogP contribution >= 0.6 is 0 Å². The zero-order valence-corrected chi connectivity index (χ0v) is 15.8. The van der Waals surface area contributed by atoms with Gasteiger partial charge in [-0.2, -0.15) is 0 Å². The van der Waals surface area contributed by atoms with Gasteiger partial charge in [0, 0.05) is 0 Å². The highest BCUT2D eigenvalue weighted by Gasteiger charge is 2.36. The van der Waals surface area contributed by atoms with Gasteiger partial charge in [0.2, 0.25) is 0 Å². The van der Waals surface area contributed by atoms with Crippen LogP contribution in [-0.4, -0.2) is 27.1 Å². The van der Waals surface area contributed by atoms with Crippen molar-refractivity contribution in [3.05, 3.63) is 72.3 Å². The smallest absolute Gasteiger partial charge is 0.206 e. The van der Waals surface area contributed by atoms with Gasteiger partial charge < -0.3 is 0 Å². The molecule has 0 spiro atoms. The fourth-order valence-corrected chi connectivity index (χ4v) is 5.99. The third-order valence-electron chi connectivity index (χ3n) is 3.81. The van der Waals surface area contributed by atoms with Gasteiger partial charge in [-0.3, -0.25) is 0 Å². The molecular formula is C18H21NO4S2. The molecule has 2 aromatic rings. The molecule has 0 aliphatic carbocycles. The van der Waals surface area contributed by atoms with Gasteiger partial charge in [0.05, 0.1) is 16.3 Å². The second-order valence-corrected chi connectivity index (χ2v) is 9.32. The molecule has 0 amide bonds. The highest BCUT2D eigenvalue weighted by Crippen LogP contribution is 2.25. The summed E-state index contributed by atoms with van der Waals surface area (Å²) < 4.78 is 52.7. The zero-order valence-electron chi connectivity index (χ0n) is 14.2. The van der Waals surface area contributed by atoms with Crippen LogP contribution in [0.25, 0.3) is 0 Å². The van der Waals surface area contributed by atoms with Crippen molar-refractivity contribution in [2.45, 2.75) is 30.1 Å². The highest BCUT2D eigenvalue weighted by molar-refractivity contribution is 8.04. The predicted molar refractivity (Wildman–Crippen MR) is 98.0 cm³/mol. The fourth-order valence-electron chi connectivity index (χ4n) is 2.29. The molecule has 0 aromatic heterocycles. The van der Waals surface area contributed by atoms with E-state index in [1.54, 1.807) is 49.4 Å². The molecule has 0 heterocycles. The number of sulfonamides is 2. The van der Waals surface area contributed by atoms with Crippen molar-refractivity contribution in [2.24, 2.45) is 0 Å². The molecule has 0 atom stereocenters. The van der Waals surface area contributed by atoms with E-state index in [1.807, 2.05) is 6.92 Å². The van der Waals surface area contributed by atoms with Crippen molar-refractivity contribution < 1.29 is 16.8 Å². The summed E-state index contributed by atoms with van der Waals surface area (Å²) in [5, 5.41) is 0. The second-order valence-electron chi connectivity index (χ2n) is 5.37. The van der Waals surface area contributed by atoms with Crippen molar-refractivity contribution in [3.8, 4) is 0 Å². The predicted octanol–water partition coefficient (Wildman–Crippen LogP) is 3.42. The van der Waals surface area contributed by atoms with Crippen LogP contribution in [0.4, 0.5) is 0 Å². The van der Waals surface area contributed by atoms with Gasteiger partial charge in [0.15, 0.2) is 0 Å². The Bertz CT molecular complexity index is 866. The zero-order chi connectivity index (χ0) is 18.5. The van der Waals surface area contributed by atoms with E-state index >= 15 is 0 Å². The number of hydrogen-bond donors (Lipinski definition) is 0. The molecule has 2 rings (SSSR count). The van der Waals surface area contributed by atoms with E-state index in [-0.39, 0.29) is 16.3 Å². The number of hydrogen-bond acceptors (Lipinski definition) is 4. The van der Waals surface area contributed by atoms with Crippen LogP contribution in [0.2, 0.25) is 0 Å². The fraction of sp³-hybridized carbons (Fsp3) is 0.222. The number of nitrogens with zero attached hydrogens (tertiary/aromatic N) is 1. The quantitative estimate of drug-likeness (QED) is 0.691. The third kappa shape index (κ3) is 4.18. The van der Waals surface area contributed by atoms with Gasteiger partial charge in [0.1, 0.15) is 0 Å². The lowest BCUT2D eigenvalue weighted by atomic mass is 10.2. The van der Waals surface area contributed by atoms with E-state index in [1.165, 1.54) is 24.3 Å². The van der Waals surface area contributed by atoms with Crippen LogP contribution in [-0.2, 0) is 20.0 Å². The third-order valence-corrected chi connectivity index (χ3v) is 8.06. The molecule has 134 valence electrons. The van der Waals surface area contributed by atoms with E-state index in [0.29, 0.717) is 10.1 Å². The van der Waals surface area contributed by atoms with E-state index in [9.17, 15) is 16.8 Å². The molecule has 0 aliphatic rings. The summed E-state index contributed by atoms with van der Waals surface area (Å²) >= 11 is 0. The first-order valence-electron chi connectivity index (χ1n) is 7.86. The Morgan fingerprint density at radius 1 is 0.840 bits per heavy atom. The van der Waals surface area contributed by atoms with Crippen LogP contribution in [0, 0.1) is 0 Å². The maximum Gasteiger partial charge on any atom is 0.256 e. The maximum absolute atomic E-state index is 13.0.